The highest BCUT2D eigenvalue weighted by Crippen LogP contribution is 2.42. The molecule has 0 unspecified atom stereocenters. The number of hydrogen-bond acceptors (Lipinski definition) is 3. The summed E-state index contributed by atoms with van der Waals surface area (Å²) in [6, 6.07) is 10.7. The zero-order chi connectivity index (χ0) is 12.4. The smallest absolute Gasteiger partial charge is 0.128 e. The Hall–Kier alpha value is -1.68. The molecule has 0 atom stereocenters. The number of hydrogen-bond donors (Lipinski definition) is 2. The zero-order valence-electron chi connectivity index (χ0n) is 9.27. The van der Waals surface area contributed by atoms with Gasteiger partial charge >= 0.3 is 0 Å². The molecule has 3 nitrogen and oxygen atoms in total. The van der Waals surface area contributed by atoms with Gasteiger partial charge in [-0.15, -0.1) is 0 Å². The number of ether oxygens (including phenoxy) is 1. The van der Waals surface area contributed by atoms with Crippen LogP contribution < -0.4 is 10.5 Å². The molecule has 0 saturated heterocycles. The molecular weight excluding hydrogens is 282 g/mol. The third-order valence-electron chi connectivity index (χ3n) is 2.55. The number of aromatic hydroxyl groups is 1. The SMILES string of the molecule is COc1ccc(Br)c(N)c1-c1ccccc1O. The lowest BCUT2D eigenvalue weighted by molar-refractivity contribution is 0.416. The Morgan fingerprint density at radius 2 is 1.88 bits per heavy atom. The third-order valence-corrected chi connectivity index (χ3v) is 3.24. The average molecular weight is 294 g/mol. The Morgan fingerprint density at radius 3 is 2.53 bits per heavy atom. The fourth-order valence-electron chi connectivity index (χ4n) is 1.71. The summed E-state index contributed by atoms with van der Waals surface area (Å²) in [5.74, 6) is 0.808. The second kappa shape index (κ2) is 4.67. The van der Waals surface area contributed by atoms with E-state index in [2.05, 4.69) is 15.9 Å². The molecule has 0 radical (unpaired) electrons. The number of methoxy groups -OCH3 is 1. The number of phenolic OH excluding ortho intramolecular Hbond substituents is 1. The number of rotatable bonds is 2. The van der Waals surface area contributed by atoms with Gasteiger partial charge in [-0.2, -0.15) is 0 Å². The van der Waals surface area contributed by atoms with Gasteiger partial charge in [0.2, 0.25) is 0 Å². The van der Waals surface area contributed by atoms with Gasteiger partial charge in [-0.25, -0.2) is 0 Å². The van der Waals surface area contributed by atoms with E-state index >= 15 is 0 Å². The summed E-state index contributed by atoms with van der Waals surface area (Å²) in [5.41, 5.74) is 7.92. The number of nitrogens with two attached hydrogens (primary N) is 1. The van der Waals surface area contributed by atoms with Crippen LogP contribution in [0.4, 0.5) is 5.69 Å². The van der Waals surface area contributed by atoms with Gasteiger partial charge in [0.05, 0.1) is 18.4 Å². The maximum atomic E-state index is 9.87. The molecule has 0 aliphatic rings. The van der Waals surface area contributed by atoms with E-state index in [0.717, 1.165) is 4.47 Å². The van der Waals surface area contributed by atoms with Crippen LogP contribution in [-0.4, -0.2) is 12.2 Å². The van der Waals surface area contributed by atoms with Gasteiger partial charge in [-0.05, 0) is 34.1 Å². The topological polar surface area (TPSA) is 55.5 Å². The summed E-state index contributed by atoms with van der Waals surface area (Å²) in [6.07, 6.45) is 0. The molecule has 0 spiro atoms. The molecule has 2 aromatic rings. The van der Waals surface area contributed by atoms with Gasteiger partial charge in [0.1, 0.15) is 11.5 Å². The van der Waals surface area contributed by atoms with Crippen LogP contribution in [0.5, 0.6) is 11.5 Å². The number of para-hydroxylation sites is 1. The van der Waals surface area contributed by atoms with Crippen LogP contribution in [0.25, 0.3) is 11.1 Å². The first-order valence-corrected chi connectivity index (χ1v) is 5.84. The fraction of sp³-hybridized carbons (Fsp3) is 0.0769. The number of benzene rings is 2. The van der Waals surface area contributed by atoms with E-state index in [0.29, 0.717) is 22.6 Å². The number of phenols is 1. The Kier molecular flexibility index (Phi) is 3.24. The summed E-state index contributed by atoms with van der Waals surface area (Å²) < 4.78 is 6.05. The van der Waals surface area contributed by atoms with E-state index in [1.54, 1.807) is 25.3 Å². The Balaban J connectivity index is 2.74. The van der Waals surface area contributed by atoms with Crippen LogP contribution >= 0.6 is 15.9 Å². The minimum Gasteiger partial charge on any atom is -0.507 e. The maximum absolute atomic E-state index is 9.87. The number of nitrogen functional groups attached to an aromatic ring is 1. The van der Waals surface area contributed by atoms with Crippen molar-refractivity contribution < 1.29 is 9.84 Å². The summed E-state index contributed by atoms with van der Waals surface area (Å²) in [6.45, 7) is 0. The van der Waals surface area contributed by atoms with Crippen LogP contribution in [0.1, 0.15) is 0 Å². The monoisotopic (exact) mass is 293 g/mol. The van der Waals surface area contributed by atoms with Gasteiger partial charge in [0, 0.05) is 10.0 Å². The quantitative estimate of drug-likeness (QED) is 0.834. The minimum atomic E-state index is 0.176. The van der Waals surface area contributed by atoms with Crippen molar-refractivity contribution >= 4 is 21.6 Å². The molecule has 0 aliphatic heterocycles. The van der Waals surface area contributed by atoms with Crippen molar-refractivity contribution in [3.63, 3.8) is 0 Å². The van der Waals surface area contributed by atoms with Crippen molar-refractivity contribution in [2.75, 3.05) is 12.8 Å². The molecule has 88 valence electrons. The van der Waals surface area contributed by atoms with Crippen molar-refractivity contribution in [3.8, 4) is 22.6 Å². The van der Waals surface area contributed by atoms with E-state index in [4.69, 9.17) is 10.5 Å². The first-order chi connectivity index (χ1) is 8.15. The van der Waals surface area contributed by atoms with Crippen molar-refractivity contribution in [2.45, 2.75) is 0 Å². The van der Waals surface area contributed by atoms with E-state index in [1.807, 2.05) is 18.2 Å². The molecular formula is C13H12BrNO2. The fourth-order valence-corrected chi connectivity index (χ4v) is 2.04. The molecule has 0 aliphatic carbocycles. The standard InChI is InChI=1S/C13H12BrNO2/c1-17-11-7-6-9(14)13(15)12(11)8-4-2-3-5-10(8)16/h2-7,16H,15H2,1H3. The highest BCUT2D eigenvalue weighted by molar-refractivity contribution is 9.10. The Labute approximate surface area is 108 Å². The molecule has 4 heteroatoms. The van der Waals surface area contributed by atoms with E-state index < -0.39 is 0 Å². The lowest BCUT2D eigenvalue weighted by Gasteiger charge is -2.13. The first kappa shape index (κ1) is 11.8. The highest BCUT2D eigenvalue weighted by Gasteiger charge is 2.15. The normalized spacial score (nSPS) is 10.2. The molecule has 0 heterocycles. The van der Waals surface area contributed by atoms with E-state index in [9.17, 15) is 5.11 Å². The van der Waals surface area contributed by atoms with Gasteiger partial charge in [0.25, 0.3) is 0 Å². The molecule has 0 aromatic heterocycles. The first-order valence-electron chi connectivity index (χ1n) is 5.05. The van der Waals surface area contributed by atoms with Gasteiger partial charge < -0.3 is 15.6 Å². The van der Waals surface area contributed by atoms with Crippen molar-refractivity contribution in [1.82, 2.24) is 0 Å². The predicted octanol–water partition coefficient (Wildman–Crippen LogP) is 3.41. The second-order valence-corrected chi connectivity index (χ2v) is 4.41. The van der Waals surface area contributed by atoms with Crippen molar-refractivity contribution in [3.05, 3.63) is 40.9 Å². The van der Waals surface area contributed by atoms with Gasteiger partial charge in [-0.3, -0.25) is 0 Å². The molecule has 0 amide bonds. The Bertz CT molecular complexity index is 555. The average Bonchev–Trinajstić information content (AvgIpc) is 2.34. The third kappa shape index (κ3) is 2.08. The molecule has 2 aromatic carbocycles. The van der Waals surface area contributed by atoms with Crippen molar-refractivity contribution in [1.29, 1.82) is 0 Å². The lowest BCUT2D eigenvalue weighted by atomic mass is 10.0. The number of halogens is 1. The van der Waals surface area contributed by atoms with Crippen molar-refractivity contribution in [2.24, 2.45) is 0 Å². The molecule has 0 fully saturated rings. The van der Waals surface area contributed by atoms with E-state index in [-0.39, 0.29) is 5.75 Å². The minimum absolute atomic E-state index is 0.176. The van der Waals surface area contributed by atoms with Gasteiger partial charge in [0.15, 0.2) is 0 Å². The van der Waals surface area contributed by atoms with Crippen LogP contribution in [0.2, 0.25) is 0 Å². The summed E-state index contributed by atoms with van der Waals surface area (Å²) in [7, 11) is 1.58. The lowest BCUT2D eigenvalue weighted by Crippen LogP contribution is -1.96. The van der Waals surface area contributed by atoms with Crippen LogP contribution in [0.3, 0.4) is 0 Å². The molecule has 17 heavy (non-hydrogen) atoms. The van der Waals surface area contributed by atoms with Crippen LogP contribution in [0, 0.1) is 0 Å². The Morgan fingerprint density at radius 1 is 1.18 bits per heavy atom. The summed E-state index contributed by atoms with van der Waals surface area (Å²) in [4.78, 5) is 0. The molecule has 0 saturated carbocycles. The molecule has 2 rings (SSSR count). The highest BCUT2D eigenvalue weighted by atomic mass is 79.9. The van der Waals surface area contributed by atoms with Crippen LogP contribution in [-0.2, 0) is 0 Å². The van der Waals surface area contributed by atoms with Crippen LogP contribution in [0.15, 0.2) is 40.9 Å². The summed E-state index contributed by atoms with van der Waals surface area (Å²) in [5, 5.41) is 9.87. The molecule has 3 N–H and O–H groups in total. The maximum Gasteiger partial charge on any atom is 0.128 e. The van der Waals surface area contributed by atoms with Gasteiger partial charge in [-0.1, -0.05) is 18.2 Å². The predicted molar refractivity (Wildman–Crippen MR) is 72.2 cm³/mol. The zero-order valence-corrected chi connectivity index (χ0v) is 10.9. The van der Waals surface area contributed by atoms with E-state index in [1.165, 1.54) is 0 Å². The second-order valence-electron chi connectivity index (χ2n) is 3.56. The molecule has 0 bridgehead atoms. The summed E-state index contributed by atoms with van der Waals surface area (Å²) >= 11 is 3.37. The largest absolute Gasteiger partial charge is 0.507 e. The number of anilines is 1.